The Kier molecular flexibility index (Phi) is 2.02. The Balaban J connectivity index is 2.66. The largest absolute Gasteiger partial charge is 0.495 e. The molecule has 0 aliphatic rings. The van der Waals surface area contributed by atoms with Crippen LogP contribution in [-0.2, 0) is 0 Å². The van der Waals surface area contributed by atoms with Gasteiger partial charge in [-0.1, -0.05) is 11.6 Å². The van der Waals surface area contributed by atoms with Crippen molar-refractivity contribution in [3.8, 4) is 5.75 Å². The molecule has 0 unspecified atom stereocenters. The molecule has 13 heavy (non-hydrogen) atoms. The zero-order chi connectivity index (χ0) is 9.26. The first-order valence-corrected chi connectivity index (χ1v) is 4.14. The number of methoxy groups -OCH3 is 1. The Morgan fingerprint density at radius 3 is 3.00 bits per heavy atom. The predicted octanol–water partition coefficient (Wildman–Crippen LogP) is 2.29. The second kappa shape index (κ2) is 3.18. The molecule has 4 heteroatoms. The third-order valence-electron chi connectivity index (χ3n) is 1.72. The number of ether oxygens (including phenoxy) is 1. The van der Waals surface area contributed by atoms with Crippen LogP contribution >= 0.6 is 11.6 Å². The minimum Gasteiger partial charge on any atom is -0.495 e. The van der Waals surface area contributed by atoms with Crippen molar-refractivity contribution in [1.29, 1.82) is 0 Å². The van der Waals surface area contributed by atoms with E-state index in [2.05, 4.69) is 9.97 Å². The number of fused-ring (bicyclic) bond motifs is 1. The number of hydrogen-bond acceptors (Lipinski definition) is 3. The topological polar surface area (TPSA) is 35.0 Å². The summed E-state index contributed by atoms with van der Waals surface area (Å²) in [6.45, 7) is 0. The summed E-state index contributed by atoms with van der Waals surface area (Å²) in [5, 5.41) is 1.37. The lowest BCUT2D eigenvalue weighted by molar-refractivity contribution is 0.413. The number of hydrogen-bond donors (Lipinski definition) is 0. The standard InChI is InChI=1S/C9H7ClN2O/c1-13-7-4-6-2-3-8(10)12-9(6)11-5-7/h2-5H,1H3. The van der Waals surface area contributed by atoms with Gasteiger partial charge in [0.2, 0.25) is 0 Å². The van der Waals surface area contributed by atoms with Crippen LogP contribution in [0.5, 0.6) is 5.75 Å². The molecule has 3 nitrogen and oxygen atoms in total. The van der Waals surface area contributed by atoms with Crippen molar-refractivity contribution in [2.45, 2.75) is 0 Å². The molecule has 0 amide bonds. The summed E-state index contributed by atoms with van der Waals surface area (Å²) in [7, 11) is 1.60. The van der Waals surface area contributed by atoms with E-state index in [4.69, 9.17) is 16.3 Å². The van der Waals surface area contributed by atoms with Crippen LogP contribution in [0.4, 0.5) is 0 Å². The van der Waals surface area contributed by atoms with Crippen molar-refractivity contribution in [2.75, 3.05) is 7.11 Å². The Hall–Kier alpha value is -1.35. The third-order valence-corrected chi connectivity index (χ3v) is 1.93. The van der Waals surface area contributed by atoms with E-state index in [0.717, 1.165) is 11.1 Å². The summed E-state index contributed by atoms with van der Waals surface area (Å²) >= 11 is 5.71. The Morgan fingerprint density at radius 1 is 1.38 bits per heavy atom. The molecule has 2 aromatic heterocycles. The molecule has 2 aromatic rings. The Labute approximate surface area is 80.3 Å². The highest BCUT2D eigenvalue weighted by atomic mass is 35.5. The van der Waals surface area contributed by atoms with Crippen LogP contribution in [0.15, 0.2) is 24.4 Å². The van der Waals surface area contributed by atoms with E-state index in [1.165, 1.54) is 0 Å². The molecule has 2 rings (SSSR count). The first kappa shape index (κ1) is 8.26. The Bertz CT molecular complexity index is 445. The van der Waals surface area contributed by atoms with Gasteiger partial charge in [0.25, 0.3) is 0 Å². The van der Waals surface area contributed by atoms with Gasteiger partial charge in [-0.2, -0.15) is 0 Å². The van der Waals surface area contributed by atoms with Gasteiger partial charge >= 0.3 is 0 Å². The summed E-state index contributed by atoms with van der Waals surface area (Å²) in [5.41, 5.74) is 0.633. The molecule has 0 fully saturated rings. The smallest absolute Gasteiger partial charge is 0.161 e. The summed E-state index contributed by atoms with van der Waals surface area (Å²) in [4.78, 5) is 8.14. The maximum Gasteiger partial charge on any atom is 0.161 e. The van der Waals surface area contributed by atoms with Crippen molar-refractivity contribution in [1.82, 2.24) is 9.97 Å². The van der Waals surface area contributed by atoms with Crippen molar-refractivity contribution in [3.05, 3.63) is 29.5 Å². The summed E-state index contributed by atoms with van der Waals surface area (Å²) < 4.78 is 5.03. The number of halogens is 1. The monoisotopic (exact) mass is 194 g/mol. The molecule has 0 spiro atoms. The van der Waals surface area contributed by atoms with Gasteiger partial charge in [-0.25, -0.2) is 9.97 Å². The quantitative estimate of drug-likeness (QED) is 0.654. The molecular weight excluding hydrogens is 188 g/mol. The fourth-order valence-electron chi connectivity index (χ4n) is 1.08. The van der Waals surface area contributed by atoms with Crippen molar-refractivity contribution in [2.24, 2.45) is 0 Å². The van der Waals surface area contributed by atoms with E-state index in [0.29, 0.717) is 10.8 Å². The summed E-state index contributed by atoms with van der Waals surface area (Å²) in [5.74, 6) is 0.719. The lowest BCUT2D eigenvalue weighted by Crippen LogP contribution is -1.87. The molecule has 66 valence electrons. The van der Waals surface area contributed by atoms with Crippen molar-refractivity contribution < 1.29 is 4.74 Å². The van der Waals surface area contributed by atoms with Crippen LogP contribution in [0.1, 0.15) is 0 Å². The highest BCUT2D eigenvalue weighted by Crippen LogP contribution is 2.18. The van der Waals surface area contributed by atoms with Gasteiger partial charge in [-0.15, -0.1) is 0 Å². The van der Waals surface area contributed by atoms with E-state index in [1.807, 2.05) is 12.1 Å². The third kappa shape index (κ3) is 1.55. The summed E-state index contributed by atoms with van der Waals surface area (Å²) in [6.07, 6.45) is 1.62. The normalized spacial score (nSPS) is 10.3. The first-order chi connectivity index (χ1) is 6.29. The van der Waals surface area contributed by atoms with Gasteiger partial charge < -0.3 is 4.74 Å². The molecule has 0 aliphatic carbocycles. The molecule has 2 heterocycles. The van der Waals surface area contributed by atoms with Crippen molar-refractivity contribution >= 4 is 22.6 Å². The second-order valence-corrected chi connectivity index (χ2v) is 2.94. The fourth-order valence-corrected chi connectivity index (χ4v) is 1.22. The maximum absolute atomic E-state index is 5.71. The number of aromatic nitrogens is 2. The van der Waals surface area contributed by atoms with E-state index in [1.54, 1.807) is 19.4 Å². The van der Waals surface area contributed by atoms with Crippen LogP contribution < -0.4 is 4.74 Å². The van der Waals surface area contributed by atoms with Crippen LogP contribution in [-0.4, -0.2) is 17.1 Å². The van der Waals surface area contributed by atoms with Gasteiger partial charge in [-0.05, 0) is 18.2 Å². The van der Waals surface area contributed by atoms with E-state index < -0.39 is 0 Å². The van der Waals surface area contributed by atoms with Crippen LogP contribution in [0.2, 0.25) is 5.15 Å². The second-order valence-electron chi connectivity index (χ2n) is 2.56. The molecular formula is C9H7ClN2O. The summed E-state index contributed by atoms with van der Waals surface area (Å²) in [6, 6.07) is 5.46. The molecule has 0 N–H and O–H groups in total. The molecule has 0 saturated carbocycles. The van der Waals surface area contributed by atoms with E-state index in [9.17, 15) is 0 Å². The number of rotatable bonds is 1. The minimum absolute atomic E-state index is 0.449. The predicted molar refractivity (Wildman–Crippen MR) is 51.1 cm³/mol. The zero-order valence-corrected chi connectivity index (χ0v) is 7.75. The van der Waals surface area contributed by atoms with E-state index >= 15 is 0 Å². The molecule has 0 bridgehead atoms. The van der Waals surface area contributed by atoms with Crippen LogP contribution in [0.3, 0.4) is 0 Å². The average molecular weight is 195 g/mol. The van der Waals surface area contributed by atoms with Gasteiger partial charge in [0, 0.05) is 5.39 Å². The maximum atomic E-state index is 5.71. The molecule has 0 aromatic carbocycles. The molecule has 0 aliphatic heterocycles. The van der Waals surface area contributed by atoms with Gasteiger partial charge in [-0.3, -0.25) is 0 Å². The number of pyridine rings is 2. The Morgan fingerprint density at radius 2 is 2.23 bits per heavy atom. The van der Waals surface area contributed by atoms with Gasteiger partial charge in [0.1, 0.15) is 10.9 Å². The number of nitrogens with zero attached hydrogens (tertiary/aromatic N) is 2. The zero-order valence-electron chi connectivity index (χ0n) is 6.99. The van der Waals surface area contributed by atoms with E-state index in [-0.39, 0.29) is 0 Å². The highest BCUT2D eigenvalue weighted by Gasteiger charge is 1.99. The van der Waals surface area contributed by atoms with Gasteiger partial charge in [0.05, 0.1) is 13.3 Å². The fraction of sp³-hybridized carbons (Fsp3) is 0.111. The highest BCUT2D eigenvalue weighted by molar-refractivity contribution is 6.29. The molecule has 0 saturated heterocycles. The SMILES string of the molecule is COc1cnc2nc(Cl)ccc2c1. The minimum atomic E-state index is 0.449. The lowest BCUT2D eigenvalue weighted by Gasteiger charge is -2.00. The first-order valence-electron chi connectivity index (χ1n) is 3.76. The van der Waals surface area contributed by atoms with Crippen LogP contribution in [0, 0.1) is 0 Å². The average Bonchev–Trinajstić information content (AvgIpc) is 2.17. The van der Waals surface area contributed by atoms with Gasteiger partial charge in [0.15, 0.2) is 5.65 Å². The van der Waals surface area contributed by atoms with Crippen molar-refractivity contribution in [3.63, 3.8) is 0 Å². The lowest BCUT2D eigenvalue weighted by atomic mass is 10.3. The molecule has 0 radical (unpaired) electrons. The van der Waals surface area contributed by atoms with Crippen LogP contribution in [0.25, 0.3) is 11.0 Å². The molecule has 0 atom stereocenters.